The third kappa shape index (κ3) is 7.95. The van der Waals surface area contributed by atoms with Gasteiger partial charge in [0.1, 0.15) is 17.4 Å². The van der Waals surface area contributed by atoms with E-state index < -0.39 is 5.97 Å². The van der Waals surface area contributed by atoms with Crippen molar-refractivity contribution in [2.45, 2.75) is 51.9 Å². The van der Waals surface area contributed by atoms with Crippen molar-refractivity contribution in [1.82, 2.24) is 0 Å². The molecule has 0 fully saturated rings. The molecular weight excluding hydrogens is 450 g/mol. The molecule has 0 aliphatic carbocycles. The summed E-state index contributed by atoms with van der Waals surface area (Å²) < 4.78 is 11.2. The van der Waals surface area contributed by atoms with Gasteiger partial charge in [-0.1, -0.05) is 99.7 Å². The van der Waals surface area contributed by atoms with Crippen LogP contribution in [0.25, 0.3) is 11.3 Å². The standard InChI is InChI=1S/C31H31NO4/c1-2-3-4-5-6-13-18-29(33)35-27-21-19-26(20-22-27)31(34)36-30(25-16-11-8-12-17-25)28(23-32)24-14-9-7-10-15-24/h7-12,14-17,19-22H,2-6,13,18H2,1H3. The van der Waals surface area contributed by atoms with Crippen molar-refractivity contribution in [1.29, 1.82) is 5.26 Å². The van der Waals surface area contributed by atoms with Crippen molar-refractivity contribution in [3.8, 4) is 11.8 Å². The Kier molecular flexibility index (Phi) is 10.5. The minimum absolute atomic E-state index is 0.184. The van der Waals surface area contributed by atoms with Crippen LogP contribution in [0.1, 0.15) is 73.4 Å². The van der Waals surface area contributed by atoms with E-state index in [1.807, 2.05) is 36.4 Å². The van der Waals surface area contributed by atoms with Gasteiger partial charge in [0.2, 0.25) is 0 Å². The van der Waals surface area contributed by atoms with Crippen molar-refractivity contribution in [2.75, 3.05) is 0 Å². The first-order valence-corrected chi connectivity index (χ1v) is 12.4. The molecule has 0 spiro atoms. The summed E-state index contributed by atoms with van der Waals surface area (Å²) in [6, 6.07) is 26.6. The smallest absolute Gasteiger partial charge is 0.343 e. The van der Waals surface area contributed by atoms with Crippen LogP contribution in [-0.2, 0) is 9.53 Å². The number of carbonyl (C=O) groups excluding carboxylic acids is 2. The molecule has 0 N–H and O–H groups in total. The van der Waals surface area contributed by atoms with E-state index in [9.17, 15) is 14.9 Å². The van der Waals surface area contributed by atoms with Crippen LogP contribution in [-0.4, -0.2) is 11.9 Å². The van der Waals surface area contributed by atoms with Crippen LogP contribution >= 0.6 is 0 Å². The number of allylic oxidation sites excluding steroid dienone is 1. The Labute approximate surface area is 213 Å². The number of nitrogens with zero attached hydrogens (tertiary/aromatic N) is 1. The lowest BCUT2D eigenvalue weighted by Crippen LogP contribution is -2.09. The quantitative estimate of drug-likeness (QED) is 0.0665. The highest BCUT2D eigenvalue weighted by molar-refractivity contribution is 6.01. The Morgan fingerprint density at radius 3 is 1.92 bits per heavy atom. The number of hydrogen-bond donors (Lipinski definition) is 0. The first kappa shape index (κ1) is 26.4. The average Bonchev–Trinajstić information content (AvgIpc) is 2.92. The molecule has 0 radical (unpaired) electrons. The first-order valence-electron chi connectivity index (χ1n) is 12.4. The molecule has 5 heteroatoms. The average molecular weight is 482 g/mol. The summed E-state index contributed by atoms with van der Waals surface area (Å²) in [6.07, 6.45) is 6.96. The zero-order chi connectivity index (χ0) is 25.6. The topological polar surface area (TPSA) is 76.4 Å². The minimum Gasteiger partial charge on any atom is -0.427 e. The van der Waals surface area contributed by atoms with E-state index in [4.69, 9.17) is 9.47 Å². The maximum atomic E-state index is 13.0. The predicted molar refractivity (Wildman–Crippen MR) is 141 cm³/mol. The van der Waals surface area contributed by atoms with E-state index >= 15 is 0 Å². The fourth-order valence-electron chi connectivity index (χ4n) is 3.74. The number of esters is 2. The van der Waals surface area contributed by atoms with Crippen LogP contribution in [0, 0.1) is 11.3 Å². The second kappa shape index (κ2) is 14.3. The third-order valence-electron chi connectivity index (χ3n) is 5.69. The highest BCUT2D eigenvalue weighted by Gasteiger charge is 2.18. The van der Waals surface area contributed by atoms with Gasteiger partial charge in [0.15, 0.2) is 5.76 Å². The third-order valence-corrected chi connectivity index (χ3v) is 5.69. The van der Waals surface area contributed by atoms with Gasteiger partial charge in [0.25, 0.3) is 0 Å². The van der Waals surface area contributed by atoms with Crippen LogP contribution in [0.2, 0.25) is 0 Å². The number of nitriles is 1. The summed E-state index contributed by atoms with van der Waals surface area (Å²) in [6.45, 7) is 2.18. The zero-order valence-electron chi connectivity index (χ0n) is 20.6. The van der Waals surface area contributed by atoms with E-state index in [0.29, 0.717) is 23.3 Å². The monoisotopic (exact) mass is 481 g/mol. The van der Waals surface area contributed by atoms with Crippen LogP contribution in [0.4, 0.5) is 0 Å². The van der Waals surface area contributed by atoms with E-state index in [2.05, 4.69) is 13.0 Å². The van der Waals surface area contributed by atoms with Crippen molar-refractivity contribution in [2.24, 2.45) is 0 Å². The summed E-state index contributed by atoms with van der Waals surface area (Å²) >= 11 is 0. The van der Waals surface area contributed by atoms with Crippen LogP contribution < -0.4 is 4.74 Å². The molecule has 3 rings (SSSR count). The Morgan fingerprint density at radius 2 is 1.31 bits per heavy atom. The van der Waals surface area contributed by atoms with E-state index in [-0.39, 0.29) is 22.9 Å². The molecule has 36 heavy (non-hydrogen) atoms. The Hall–Kier alpha value is -4.17. The number of unbranched alkanes of at least 4 members (excludes halogenated alkanes) is 5. The SMILES string of the molecule is CCCCCCCCC(=O)Oc1ccc(C(=O)OC(=C(C#N)c2ccccc2)c2ccccc2)cc1. The second-order valence-electron chi connectivity index (χ2n) is 8.45. The van der Waals surface area contributed by atoms with E-state index in [1.165, 1.54) is 19.3 Å². The lowest BCUT2D eigenvalue weighted by molar-refractivity contribution is -0.134. The molecule has 0 saturated carbocycles. The molecule has 0 saturated heterocycles. The van der Waals surface area contributed by atoms with E-state index in [0.717, 1.165) is 19.3 Å². The summed E-state index contributed by atoms with van der Waals surface area (Å²) in [5, 5.41) is 9.88. The Morgan fingerprint density at radius 1 is 0.722 bits per heavy atom. The molecular formula is C31H31NO4. The van der Waals surface area contributed by atoms with Gasteiger partial charge in [0.05, 0.1) is 5.56 Å². The first-order chi connectivity index (χ1) is 17.6. The maximum Gasteiger partial charge on any atom is 0.343 e. The minimum atomic E-state index is -0.609. The van der Waals surface area contributed by atoms with Gasteiger partial charge in [-0.05, 0) is 36.2 Å². The molecule has 0 unspecified atom stereocenters. The van der Waals surface area contributed by atoms with Crippen molar-refractivity contribution < 1.29 is 19.1 Å². The summed E-state index contributed by atoms with van der Waals surface area (Å²) in [5.74, 6) is -0.328. The number of benzene rings is 3. The normalized spacial score (nSPS) is 11.2. The van der Waals surface area contributed by atoms with E-state index in [1.54, 1.807) is 48.5 Å². The molecule has 0 bridgehead atoms. The molecule has 0 atom stereocenters. The zero-order valence-corrected chi connectivity index (χ0v) is 20.6. The predicted octanol–water partition coefficient (Wildman–Crippen LogP) is 7.59. The van der Waals surface area contributed by atoms with Crippen molar-refractivity contribution in [3.05, 3.63) is 102 Å². The lowest BCUT2D eigenvalue weighted by atomic mass is 10.0. The second-order valence-corrected chi connectivity index (χ2v) is 8.45. The van der Waals surface area contributed by atoms with Gasteiger partial charge in [-0.3, -0.25) is 4.79 Å². The van der Waals surface area contributed by atoms with Crippen LogP contribution in [0.3, 0.4) is 0 Å². The van der Waals surface area contributed by atoms with Gasteiger partial charge in [-0.25, -0.2) is 4.79 Å². The number of ether oxygens (including phenoxy) is 2. The maximum absolute atomic E-state index is 13.0. The summed E-state index contributed by atoms with van der Waals surface area (Å²) in [7, 11) is 0. The molecule has 5 nitrogen and oxygen atoms in total. The van der Waals surface area contributed by atoms with Crippen LogP contribution in [0.5, 0.6) is 5.75 Å². The molecule has 0 aliphatic rings. The highest BCUT2D eigenvalue weighted by atomic mass is 16.5. The molecule has 3 aromatic rings. The Balaban J connectivity index is 1.68. The van der Waals surface area contributed by atoms with Crippen LogP contribution in [0.15, 0.2) is 84.9 Å². The van der Waals surface area contributed by atoms with Gasteiger partial charge < -0.3 is 9.47 Å². The summed E-state index contributed by atoms with van der Waals surface area (Å²) in [5.41, 5.74) is 1.81. The molecule has 0 aromatic heterocycles. The fourth-order valence-corrected chi connectivity index (χ4v) is 3.74. The molecule has 0 aliphatic heterocycles. The van der Waals surface area contributed by atoms with Crippen molar-refractivity contribution >= 4 is 23.3 Å². The number of rotatable bonds is 12. The van der Waals surface area contributed by atoms with Gasteiger partial charge in [0, 0.05) is 12.0 Å². The molecule has 0 amide bonds. The molecule has 184 valence electrons. The largest absolute Gasteiger partial charge is 0.427 e. The molecule has 0 heterocycles. The van der Waals surface area contributed by atoms with Gasteiger partial charge >= 0.3 is 11.9 Å². The fraction of sp³-hybridized carbons (Fsp3) is 0.258. The number of carbonyl (C=O) groups is 2. The lowest BCUT2D eigenvalue weighted by Gasteiger charge is -2.12. The van der Waals surface area contributed by atoms with Crippen molar-refractivity contribution in [3.63, 3.8) is 0 Å². The van der Waals surface area contributed by atoms with Gasteiger partial charge in [-0.2, -0.15) is 5.26 Å². The number of hydrogen-bond acceptors (Lipinski definition) is 5. The summed E-state index contributed by atoms with van der Waals surface area (Å²) in [4.78, 5) is 25.1. The van der Waals surface area contributed by atoms with Gasteiger partial charge in [-0.15, -0.1) is 0 Å². The Bertz CT molecular complexity index is 1190. The highest BCUT2D eigenvalue weighted by Crippen LogP contribution is 2.28. The molecule has 3 aromatic carbocycles.